The number of nitro benzene ring substituents is 1. The SMILES string of the molecule is Cc1cc(C(=O)Nc2c(C)nn(Cc3c(Cl)cccc3Cl)c2C)ccc1[N+](=O)[O-]. The number of halogens is 2. The van der Waals surface area contributed by atoms with E-state index in [-0.39, 0.29) is 11.6 Å². The molecule has 0 radical (unpaired) electrons. The lowest BCUT2D eigenvalue weighted by molar-refractivity contribution is -0.385. The Morgan fingerprint density at radius 3 is 2.41 bits per heavy atom. The molecule has 1 aromatic heterocycles. The van der Waals surface area contributed by atoms with Gasteiger partial charge in [-0.3, -0.25) is 19.6 Å². The number of carbonyl (C=O) groups excluding carboxylic acids is 1. The fourth-order valence-corrected chi connectivity index (χ4v) is 3.57. The van der Waals surface area contributed by atoms with Crippen molar-refractivity contribution in [2.75, 3.05) is 5.32 Å². The second-order valence-corrected chi connectivity index (χ2v) is 7.43. The van der Waals surface area contributed by atoms with E-state index in [1.54, 1.807) is 36.7 Å². The first kappa shape index (κ1) is 20.8. The number of carbonyl (C=O) groups is 1. The first-order chi connectivity index (χ1) is 13.7. The number of aryl methyl sites for hydroxylation is 2. The van der Waals surface area contributed by atoms with Crippen LogP contribution in [0, 0.1) is 30.9 Å². The molecule has 9 heteroatoms. The maximum atomic E-state index is 12.7. The molecular formula is C20H18Cl2N4O3. The number of rotatable bonds is 5. The molecule has 1 heterocycles. The second kappa shape index (κ2) is 8.23. The van der Waals surface area contributed by atoms with Gasteiger partial charge in [0.1, 0.15) is 0 Å². The number of amides is 1. The maximum absolute atomic E-state index is 12.7. The number of nitrogens with zero attached hydrogens (tertiary/aromatic N) is 3. The van der Waals surface area contributed by atoms with Crippen LogP contribution in [0.2, 0.25) is 10.0 Å². The molecule has 0 atom stereocenters. The monoisotopic (exact) mass is 432 g/mol. The van der Waals surface area contributed by atoms with Crippen LogP contribution in [0.4, 0.5) is 11.4 Å². The fourth-order valence-electron chi connectivity index (χ4n) is 3.05. The first-order valence-electron chi connectivity index (χ1n) is 8.72. The molecule has 3 rings (SSSR count). The van der Waals surface area contributed by atoms with Crippen LogP contribution in [0.15, 0.2) is 36.4 Å². The summed E-state index contributed by atoms with van der Waals surface area (Å²) in [5.41, 5.74) is 3.41. The molecule has 29 heavy (non-hydrogen) atoms. The van der Waals surface area contributed by atoms with Gasteiger partial charge in [0.05, 0.1) is 28.5 Å². The van der Waals surface area contributed by atoms with E-state index in [9.17, 15) is 14.9 Å². The Morgan fingerprint density at radius 2 is 1.83 bits per heavy atom. The lowest BCUT2D eigenvalue weighted by Gasteiger charge is -2.10. The minimum absolute atomic E-state index is 0.0293. The molecule has 0 aliphatic carbocycles. The van der Waals surface area contributed by atoms with Crippen molar-refractivity contribution in [3.8, 4) is 0 Å². The molecule has 0 bridgehead atoms. The minimum atomic E-state index is -0.477. The van der Waals surface area contributed by atoms with Crippen molar-refractivity contribution in [3.05, 3.63) is 84.6 Å². The van der Waals surface area contributed by atoms with Crippen LogP contribution < -0.4 is 5.32 Å². The third-order valence-electron chi connectivity index (χ3n) is 4.65. The number of hydrogen-bond donors (Lipinski definition) is 1. The highest BCUT2D eigenvalue weighted by atomic mass is 35.5. The Hall–Kier alpha value is -2.90. The largest absolute Gasteiger partial charge is 0.319 e. The van der Waals surface area contributed by atoms with Gasteiger partial charge < -0.3 is 5.32 Å². The van der Waals surface area contributed by atoms with Crippen molar-refractivity contribution in [2.45, 2.75) is 27.3 Å². The zero-order valence-electron chi connectivity index (χ0n) is 16.0. The average molecular weight is 433 g/mol. The highest BCUT2D eigenvalue weighted by molar-refractivity contribution is 6.36. The van der Waals surface area contributed by atoms with E-state index >= 15 is 0 Å². The Morgan fingerprint density at radius 1 is 1.17 bits per heavy atom. The zero-order chi connectivity index (χ0) is 21.3. The van der Waals surface area contributed by atoms with Crippen molar-refractivity contribution >= 4 is 40.5 Å². The summed E-state index contributed by atoms with van der Waals surface area (Å²) in [6.45, 7) is 5.57. The van der Waals surface area contributed by atoms with E-state index in [0.717, 1.165) is 11.3 Å². The van der Waals surface area contributed by atoms with Crippen molar-refractivity contribution in [3.63, 3.8) is 0 Å². The lowest BCUT2D eigenvalue weighted by Crippen LogP contribution is -2.14. The van der Waals surface area contributed by atoms with Gasteiger partial charge in [-0.25, -0.2) is 0 Å². The van der Waals surface area contributed by atoms with Gasteiger partial charge in [-0.05, 0) is 45.0 Å². The van der Waals surface area contributed by atoms with Crippen molar-refractivity contribution in [2.24, 2.45) is 0 Å². The summed E-state index contributed by atoms with van der Waals surface area (Å²) in [5, 5.41) is 19.4. The van der Waals surface area contributed by atoms with Crippen LogP contribution >= 0.6 is 23.2 Å². The zero-order valence-corrected chi connectivity index (χ0v) is 17.5. The number of nitrogens with one attached hydrogen (secondary N) is 1. The Bertz CT molecular complexity index is 1100. The van der Waals surface area contributed by atoms with E-state index in [0.29, 0.717) is 39.1 Å². The van der Waals surface area contributed by atoms with Crippen LogP contribution in [0.25, 0.3) is 0 Å². The predicted octanol–water partition coefficient (Wildman–Crippen LogP) is 5.32. The van der Waals surface area contributed by atoms with Crippen molar-refractivity contribution in [1.82, 2.24) is 9.78 Å². The van der Waals surface area contributed by atoms with Gasteiger partial charge in [-0.1, -0.05) is 29.3 Å². The van der Waals surface area contributed by atoms with Crippen LogP contribution in [0.3, 0.4) is 0 Å². The van der Waals surface area contributed by atoms with Gasteiger partial charge >= 0.3 is 0 Å². The Kier molecular flexibility index (Phi) is 5.91. The normalized spacial score (nSPS) is 10.8. The van der Waals surface area contributed by atoms with E-state index in [4.69, 9.17) is 23.2 Å². The van der Waals surface area contributed by atoms with Crippen molar-refractivity contribution in [1.29, 1.82) is 0 Å². The predicted molar refractivity (Wildman–Crippen MR) is 113 cm³/mol. The molecule has 7 nitrogen and oxygen atoms in total. The molecular weight excluding hydrogens is 415 g/mol. The fraction of sp³-hybridized carbons (Fsp3) is 0.200. The molecule has 150 valence electrons. The summed E-state index contributed by atoms with van der Waals surface area (Å²) < 4.78 is 1.72. The molecule has 2 aromatic carbocycles. The average Bonchev–Trinajstić information content (AvgIpc) is 2.91. The summed E-state index contributed by atoms with van der Waals surface area (Å²) in [7, 11) is 0. The number of benzene rings is 2. The Labute approximate surface area is 177 Å². The first-order valence-corrected chi connectivity index (χ1v) is 9.48. The number of aromatic nitrogens is 2. The van der Waals surface area contributed by atoms with Gasteiger partial charge in [0, 0.05) is 32.8 Å². The highest BCUT2D eigenvalue weighted by Gasteiger charge is 2.19. The molecule has 0 unspecified atom stereocenters. The van der Waals surface area contributed by atoms with Gasteiger partial charge in [0.2, 0.25) is 0 Å². The molecule has 1 amide bonds. The summed E-state index contributed by atoms with van der Waals surface area (Å²) in [4.78, 5) is 23.1. The summed E-state index contributed by atoms with van der Waals surface area (Å²) in [6.07, 6.45) is 0. The van der Waals surface area contributed by atoms with Gasteiger partial charge in [-0.15, -0.1) is 0 Å². The minimum Gasteiger partial charge on any atom is -0.319 e. The summed E-state index contributed by atoms with van der Waals surface area (Å²) >= 11 is 12.5. The topological polar surface area (TPSA) is 90.1 Å². The van der Waals surface area contributed by atoms with Crippen LogP contribution in [0.1, 0.15) is 32.9 Å². The van der Waals surface area contributed by atoms with Gasteiger partial charge in [0.15, 0.2) is 0 Å². The summed E-state index contributed by atoms with van der Waals surface area (Å²) in [5.74, 6) is -0.371. The number of nitro groups is 1. The third kappa shape index (κ3) is 4.26. The number of anilines is 1. The van der Waals surface area contributed by atoms with E-state index in [1.807, 2.05) is 6.92 Å². The van der Waals surface area contributed by atoms with Crippen LogP contribution in [-0.4, -0.2) is 20.6 Å². The van der Waals surface area contributed by atoms with E-state index in [1.165, 1.54) is 18.2 Å². The van der Waals surface area contributed by atoms with E-state index < -0.39 is 4.92 Å². The van der Waals surface area contributed by atoms with Crippen LogP contribution in [-0.2, 0) is 6.54 Å². The van der Waals surface area contributed by atoms with E-state index in [2.05, 4.69) is 10.4 Å². The molecule has 0 aliphatic rings. The van der Waals surface area contributed by atoms with Gasteiger partial charge in [0.25, 0.3) is 11.6 Å². The van der Waals surface area contributed by atoms with Gasteiger partial charge in [-0.2, -0.15) is 5.10 Å². The highest BCUT2D eigenvalue weighted by Crippen LogP contribution is 2.28. The summed E-state index contributed by atoms with van der Waals surface area (Å²) in [6, 6.07) is 9.53. The molecule has 1 N–H and O–H groups in total. The smallest absolute Gasteiger partial charge is 0.272 e. The molecule has 0 saturated carbocycles. The Balaban J connectivity index is 1.86. The quantitative estimate of drug-likeness (QED) is 0.435. The lowest BCUT2D eigenvalue weighted by atomic mass is 10.1. The maximum Gasteiger partial charge on any atom is 0.272 e. The van der Waals surface area contributed by atoms with Crippen molar-refractivity contribution < 1.29 is 9.72 Å². The molecule has 0 fully saturated rings. The standard InChI is InChI=1S/C20H18Cl2N4O3/c1-11-9-14(7-8-18(11)26(28)29)20(27)23-19-12(2)24-25(13(19)3)10-15-16(21)5-4-6-17(15)22/h4-9H,10H2,1-3H3,(H,23,27). The number of hydrogen-bond acceptors (Lipinski definition) is 4. The molecule has 0 aliphatic heterocycles. The third-order valence-corrected chi connectivity index (χ3v) is 5.35. The molecule has 3 aromatic rings. The van der Waals surface area contributed by atoms with Crippen LogP contribution in [0.5, 0.6) is 0 Å². The second-order valence-electron chi connectivity index (χ2n) is 6.62. The molecule has 0 saturated heterocycles. The molecule has 0 spiro atoms.